The molecule has 0 spiro atoms. The molecular formula is C16H17IO. The van der Waals surface area contributed by atoms with Gasteiger partial charge >= 0.3 is 0 Å². The smallest absolute Gasteiger partial charge is 0.140 e. The van der Waals surface area contributed by atoms with Gasteiger partial charge in [-0.25, -0.2) is 0 Å². The lowest BCUT2D eigenvalue weighted by atomic mass is 10.0. The summed E-state index contributed by atoms with van der Waals surface area (Å²) in [5, 5.41) is 0. The summed E-state index contributed by atoms with van der Waals surface area (Å²) in [6, 6.07) is 16.7. The normalized spacial score (nSPS) is 10.7. The fourth-order valence-electron chi connectivity index (χ4n) is 1.75. The van der Waals surface area contributed by atoms with Crippen LogP contribution in [0.3, 0.4) is 0 Å². The topological polar surface area (TPSA) is 9.23 Å². The lowest BCUT2D eigenvalue weighted by molar-refractivity contribution is 0.270. The van der Waals surface area contributed by atoms with Crippen LogP contribution in [0.5, 0.6) is 5.75 Å². The first-order valence-corrected chi connectivity index (χ1v) is 7.23. The number of benzene rings is 2. The Morgan fingerprint density at radius 1 is 1.00 bits per heavy atom. The summed E-state index contributed by atoms with van der Waals surface area (Å²) < 4.78 is 7.14. The van der Waals surface area contributed by atoms with Crippen LogP contribution in [0.2, 0.25) is 0 Å². The average molecular weight is 352 g/mol. The summed E-state index contributed by atoms with van der Waals surface area (Å²) in [6.07, 6.45) is 0. The van der Waals surface area contributed by atoms with E-state index < -0.39 is 0 Å². The minimum Gasteiger partial charge on any atom is -0.492 e. The zero-order valence-corrected chi connectivity index (χ0v) is 12.8. The molecule has 0 heterocycles. The van der Waals surface area contributed by atoms with Crippen LogP contribution in [0.1, 0.15) is 13.8 Å². The Morgan fingerprint density at radius 2 is 1.72 bits per heavy atom. The van der Waals surface area contributed by atoms with Gasteiger partial charge < -0.3 is 4.74 Å². The van der Waals surface area contributed by atoms with E-state index in [0.29, 0.717) is 5.92 Å². The van der Waals surface area contributed by atoms with Crippen LogP contribution in [0.4, 0.5) is 0 Å². The van der Waals surface area contributed by atoms with Crippen LogP contribution >= 0.6 is 22.6 Å². The SMILES string of the molecule is CC(C)COc1c(I)cccc1-c1ccccc1. The maximum absolute atomic E-state index is 5.98. The highest BCUT2D eigenvalue weighted by atomic mass is 127. The Bertz CT molecular complexity index is 506. The van der Waals surface area contributed by atoms with Crippen LogP contribution in [0.25, 0.3) is 11.1 Å². The second-order valence-corrected chi connectivity index (χ2v) is 5.85. The second kappa shape index (κ2) is 6.23. The van der Waals surface area contributed by atoms with Crippen molar-refractivity contribution in [2.24, 2.45) is 5.92 Å². The number of rotatable bonds is 4. The van der Waals surface area contributed by atoms with Gasteiger partial charge in [0.15, 0.2) is 0 Å². The lowest BCUT2D eigenvalue weighted by Gasteiger charge is -2.15. The first-order chi connectivity index (χ1) is 8.68. The zero-order chi connectivity index (χ0) is 13.0. The van der Waals surface area contributed by atoms with Crippen molar-refractivity contribution in [2.45, 2.75) is 13.8 Å². The van der Waals surface area contributed by atoms with E-state index in [1.54, 1.807) is 0 Å². The molecule has 2 aromatic rings. The van der Waals surface area contributed by atoms with Crippen LogP contribution in [-0.4, -0.2) is 6.61 Å². The maximum atomic E-state index is 5.98. The van der Waals surface area contributed by atoms with Crippen molar-refractivity contribution >= 4 is 22.6 Å². The van der Waals surface area contributed by atoms with E-state index in [0.717, 1.165) is 15.9 Å². The van der Waals surface area contributed by atoms with E-state index in [4.69, 9.17) is 4.74 Å². The number of hydrogen-bond acceptors (Lipinski definition) is 1. The summed E-state index contributed by atoms with van der Waals surface area (Å²) >= 11 is 2.33. The summed E-state index contributed by atoms with van der Waals surface area (Å²) in [4.78, 5) is 0. The summed E-state index contributed by atoms with van der Waals surface area (Å²) in [5.74, 6) is 1.53. The van der Waals surface area contributed by atoms with Crippen molar-refractivity contribution in [2.75, 3.05) is 6.61 Å². The Balaban J connectivity index is 2.38. The Morgan fingerprint density at radius 3 is 2.39 bits per heavy atom. The summed E-state index contributed by atoms with van der Waals surface area (Å²) in [6.45, 7) is 5.08. The van der Waals surface area contributed by atoms with Crippen molar-refractivity contribution in [3.63, 3.8) is 0 Å². The molecule has 18 heavy (non-hydrogen) atoms. The molecule has 94 valence electrons. The summed E-state index contributed by atoms with van der Waals surface area (Å²) in [7, 11) is 0. The highest BCUT2D eigenvalue weighted by molar-refractivity contribution is 14.1. The molecule has 2 rings (SSSR count). The van der Waals surface area contributed by atoms with E-state index in [-0.39, 0.29) is 0 Å². The average Bonchev–Trinajstić information content (AvgIpc) is 2.38. The largest absolute Gasteiger partial charge is 0.492 e. The third kappa shape index (κ3) is 3.25. The molecule has 0 aliphatic heterocycles. The monoisotopic (exact) mass is 352 g/mol. The molecule has 0 bridgehead atoms. The molecule has 0 atom stereocenters. The molecule has 0 N–H and O–H groups in total. The van der Waals surface area contributed by atoms with Gasteiger partial charge in [-0.3, -0.25) is 0 Å². The number of hydrogen-bond donors (Lipinski definition) is 0. The zero-order valence-electron chi connectivity index (χ0n) is 10.7. The van der Waals surface area contributed by atoms with Gasteiger partial charge in [-0.05, 0) is 40.1 Å². The third-order valence-corrected chi connectivity index (χ3v) is 3.46. The minimum atomic E-state index is 0.532. The molecule has 2 aromatic carbocycles. The molecular weight excluding hydrogens is 335 g/mol. The number of ether oxygens (including phenoxy) is 1. The van der Waals surface area contributed by atoms with Crippen molar-refractivity contribution in [3.05, 3.63) is 52.1 Å². The number of para-hydroxylation sites is 1. The summed E-state index contributed by atoms with van der Waals surface area (Å²) in [5.41, 5.74) is 2.37. The first kappa shape index (κ1) is 13.4. The van der Waals surface area contributed by atoms with Gasteiger partial charge in [0.1, 0.15) is 5.75 Å². The Labute approximate surface area is 122 Å². The maximum Gasteiger partial charge on any atom is 0.140 e. The molecule has 0 fully saturated rings. The first-order valence-electron chi connectivity index (χ1n) is 6.15. The predicted molar refractivity (Wildman–Crippen MR) is 84.9 cm³/mol. The van der Waals surface area contributed by atoms with E-state index in [2.05, 4.69) is 78.9 Å². The van der Waals surface area contributed by atoms with Crippen molar-refractivity contribution in [3.8, 4) is 16.9 Å². The van der Waals surface area contributed by atoms with Crippen molar-refractivity contribution in [1.82, 2.24) is 0 Å². The van der Waals surface area contributed by atoms with Gasteiger partial charge in [-0.15, -0.1) is 0 Å². The second-order valence-electron chi connectivity index (χ2n) is 4.69. The van der Waals surface area contributed by atoms with Gasteiger partial charge in [0, 0.05) is 5.56 Å². The fourth-order valence-corrected chi connectivity index (χ4v) is 2.40. The van der Waals surface area contributed by atoms with E-state index >= 15 is 0 Å². The van der Waals surface area contributed by atoms with Gasteiger partial charge in [-0.1, -0.05) is 56.3 Å². The third-order valence-electron chi connectivity index (χ3n) is 2.61. The highest BCUT2D eigenvalue weighted by Crippen LogP contribution is 2.34. The van der Waals surface area contributed by atoms with Gasteiger partial charge in [-0.2, -0.15) is 0 Å². The minimum absolute atomic E-state index is 0.532. The van der Waals surface area contributed by atoms with Crippen molar-refractivity contribution < 1.29 is 4.74 Å². The molecule has 0 aliphatic rings. The van der Waals surface area contributed by atoms with Gasteiger partial charge in [0.05, 0.1) is 10.2 Å². The van der Waals surface area contributed by atoms with Gasteiger partial charge in [0.2, 0.25) is 0 Å². The molecule has 0 aromatic heterocycles. The lowest BCUT2D eigenvalue weighted by Crippen LogP contribution is -2.06. The van der Waals surface area contributed by atoms with E-state index in [1.807, 2.05) is 6.07 Å². The van der Waals surface area contributed by atoms with Crippen LogP contribution in [0, 0.1) is 9.49 Å². The Kier molecular flexibility index (Phi) is 4.64. The quantitative estimate of drug-likeness (QED) is 0.704. The highest BCUT2D eigenvalue weighted by Gasteiger charge is 2.10. The van der Waals surface area contributed by atoms with Gasteiger partial charge in [0.25, 0.3) is 0 Å². The van der Waals surface area contributed by atoms with E-state index in [9.17, 15) is 0 Å². The predicted octanol–water partition coefficient (Wildman–Crippen LogP) is 4.99. The molecule has 1 nitrogen and oxygen atoms in total. The number of halogens is 1. The molecule has 0 amide bonds. The molecule has 2 heteroatoms. The van der Waals surface area contributed by atoms with E-state index in [1.165, 1.54) is 11.1 Å². The van der Waals surface area contributed by atoms with Crippen LogP contribution < -0.4 is 4.74 Å². The molecule has 0 saturated carbocycles. The van der Waals surface area contributed by atoms with Crippen LogP contribution in [-0.2, 0) is 0 Å². The Hall–Kier alpha value is -1.03. The fraction of sp³-hybridized carbons (Fsp3) is 0.250. The standard InChI is InChI=1S/C16H17IO/c1-12(2)11-18-16-14(9-6-10-15(16)17)13-7-4-3-5-8-13/h3-10,12H,11H2,1-2H3. The molecule has 0 radical (unpaired) electrons. The van der Waals surface area contributed by atoms with Crippen molar-refractivity contribution in [1.29, 1.82) is 0 Å². The molecule has 0 aliphatic carbocycles. The molecule has 0 saturated heterocycles. The molecule has 0 unspecified atom stereocenters. The van der Waals surface area contributed by atoms with Crippen LogP contribution in [0.15, 0.2) is 48.5 Å².